The Morgan fingerprint density at radius 2 is 2.22 bits per heavy atom. The van der Waals surface area contributed by atoms with Crippen LogP contribution in [0.2, 0.25) is 0 Å². The van der Waals surface area contributed by atoms with E-state index in [9.17, 15) is 14.4 Å². The number of thioether (sulfide) groups is 1. The van der Waals surface area contributed by atoms with Crippen molar-refractivity contribution in [3.05, 3.63) is 36.9 Å². The Kier molecular flexibility index (Phi) is 4.12. The van der Waals surface area contributed by atoms with Crippen molar-refractivity contribution in [2.45, 2.75) is 22.6 Å². The van der Waals surface area contributed by atoms with Gasteiger partial charge in [0.15, 0.2) is 11.5 Å². The predicted molar refractivity (Wildman–Crippen MR) is 85.9 cm³/mol. The highest BCUT2D eigenvalue weighted by molar-refractivity contribution is 8.02. The number of carbonyl (C=O) groups excluding carboxylic acids is 3. The van der Waals surface area contributed by atoms with Crippen LogP contribution in [-0.4, -0.2) is 35.8 Å². The van der Waals surface area contributed by atoms with Crippen molar-refractivity contribution >= 4 is 35.2 Å². The molecule has 2 aliphatic rings. The maximum absolute atomic E-state index is 12.6. The first-order valence-corrected chi connectivity index (χ1v) is 8.06. The monoisotopic (exact) mass is 332 g/mol. The zero-order valence-electron chi connectivity index (χ0n) is 12.4. The maximum Gasteiger partial charge on any atom is 0.344 e. The van der Waals surface area contributed by atoms with Crippen molar-refractivity contribution in [2.24, 2.45) is 0 Å². The largest absolute Gasteiger partial charge is 0.453 e. The van der Waals surface area contributed by atoms with Crippen molar-refractivity contribution in [2.75, 3.05) is 18.1 Å². The number of hydrogen-bond acceptors (Lipinski definition) is 5. The maximum atomic E-state index is 12.6. The molecule has 1 aromatic carbocycles. The average Bonchev–Trinajstić information content (AvgIpc) is 3.06. The van der Waals surface area contributed by atoms with Crippen LogP contribution in [0.5, 0.6) is 0 Å². The van der Waals surface area contributed by atoms with Crippen molar-refractivity contribution < 1.29 is 19.1 Å². The summed E-state index contributed by atoms with van der Waals surface area (Å²) in [5.74, 6) is -1.06. The lowest BCUT2D eigenvalue weighted by atomic mass is 10.2. The molecule has 1 aromatic rings. The van der Waals surface area contributed by atoms with Crippen LogP contribution < -0.4 is 10.2 Å². The number of ether oxygens (including phenoxy) is 1. The van der Waals surface area contributed by atoms with E-state index < -0.39 is 16.7 Å². The van der Waals surface area contributed by atoms with Gasteiger partial charge in [0.25, 0.3) is 5.91 Å². The quantitative estimate of drug-likeness (QED) is 0.653. The van der Waals surface area contributed by atoms with Crippen LogP contribution in [0.15, 0.2) is 41.8 Å². The summed E-state index contributed by atoms with van der Waals surface area (Å²) in [6, 6.07) is 7.38. The fraction of sp³-hybridized carbons (Fsp3) is 0.312. The van der Waals surface area contributed by atoms with Crippen molar-refractivity contribution in [3.8, 4) is 0 Å². The van der Waals surface area contributed by atoms with E-state index in [1.807, 2.05) is 24.3 Å². The smallest absolute Gasteiger partial charge is 0.344 e. The molecule has 23 heavy (non-hydrogen) atoms. The minimum absolute atomic E-state index is 0.101. The summed E-state index contributed by atoms with van der Waals surface area (Å²) in [5.41, 5.74) is 0.730. The highest BCUT2D eigenvalue weighted by Gasteiger charge is 2.58. The molecule has 2 aliphatic heterocycles. The van der Waals surface area contributed by atoms with Gasteiger partial charge in [-0.25, -0.2) is 4.79 Å². The van der Waals surface area contributed by atoms with Gasteiger partial charge in [-0.1, -0.05) is 30.0 Å². The summed E-state index contributed by atoms with van der Waals surface area (Å²) in [5, 5.41) is 2.54. The first-order chi connectivity index (χ1) is 11.1. The number of benzene rings is 1. The molecule has 0 aliphatic carbocycles. The van der Waals surface area contributed by atoms with Gasteiger partial charge in [-0.3, -0.25) is 14.5 Å². The number of fused-ring (bicyclic) bond motifs is 3. The normalized spacial score (nSPS) is 21.6. The van der Waals surface area contributed by atoms with Crippen LogP contribution in [0.1, 0.15) is 12.8 Å². The summed E-state index contributed by atoms with van der Waals surface area (Å²) < 4.78 is 5.17. The average molecular weight is 332 g/mol. The topological polar surface area (TPSA) is 75.7 Å². The fourth-order valence-corrected chi connectivity index (χ4v) is 4.17. The number of carbonyl (C=O) groups is 3. The third-order valence-electron chi connectivity index (χ3n) is 3.77. The van der Waals surface area contributed by atoms with E-state index in [-0.39, 0.29) is 12.5 Å². The number of rotatable bonds is 5. The van der Waals surface area contributed by atoms with Gasteiger partial charge >= 0.3 is 5.97 Å². The molecule has 2 amide bonds. The summed E-state index contributed by atoms with van der Waals surface area (Å²) >= 11 is 1.32. The Bertz CT molecular complexity index is 690. The highest BCUT2D eigenvalue weighted by Crippen LogP contribution is 2.56. The number of amides is 2. The highest BCUT2D eigenvalue weighted by atomic mass is 32.2. The lowest BCUT2D eigenvalue weighted by Crippen LogP contribution is -2.48. The molecule has 1 atom stereocenters. The van der Waals surface area contributed by atoms with E-state index in [2.05, 4.69) is 11.9 Å². The third kappa shape index (κ3) is 2.61. The number of hydrogen-bond donors (Lipinski definition) is 1. The molecule has 2 heterocycles. The van der Waals surface area contributed by atoms with Gasteiger partial charge < -0.3 is 10.1 Å². The number of para-hydroxylation sites is 1. The molecule has 0 spiro atoms. The molecular formula is C16H16N2O4S. The summed E-state index contributed by atoms with van der Waals surface area (Å²) in [4.78, 5) is 37.7. The summed E-state index contributed by atoms with van der Waals surface area (Å²) in [7, 11) is 0. The molecule has 7 heteroatoms. The Morgan fingerprint density at radius 3 is 3.00 bits per heavy atom. The van der Waals surface area contributed by atoms with Crippen molar-refractivity contribution in [1.82, 2.24) is 5.32 Å². The lowest BCUT2D eigenvalue weighted by molar-refractivity contribution is -0.150. The molecule has 1 fully saturated rings. The van der Waals surface area contributed by atoms with Gasteiger partial charge in [0.05, 0.1) is 5.69 Å². The van der Waals surface area contributed by atoms with Gasteiger partial charge in [-0.2, -0.15) is 0 Å². The number of nitrogens with zero attached hydrogens (tertiary/aromatic N) is 1. The minimum Gasteiger partial charge on any atom is -0.453 e. The third-order valence-corrected chi connectivity index (χ3v) is 5.23. The van der Waals surface area contributed by atoms with E-state index in [0.29, 0.717) is 19.4 Å². The SMILES string of the molecule is C=CCNC(=O)COC(=O)[C@@]12CCC(=O)N1c1ccccc1S2. The number of esters is 1. The molecule has 1 saturated heterocycles. The molecule has 0 saturated carbocycles. The predicted octanol–water partition coefficient (Wildman–Crippen LogP) is 1.46. The van der Waals surface area contributed by atoms with Crippen LogP contribution in [-0.2, 0) is 19.1 Å². The van der Waals surface area contributed by atoms with Gasteiger partial charge in [-0.05, 0) is 12.1 Å². The van der Waals surface area contributed by atoms with Crippen molar-refractivity contribution in [1.29, 1.82) is 0 Å². The van der Waals surface area contributed by atoms with Crippen LogP contribution >= 0.6 is 11.8 Å². The second-order valence-corrected chi connectivity index (χ2v) is 6.57. The van der Waals surface area contributed by atoms with Gasteiger partial charge in [0, 0.05) is 24.3 Å². The molecular weight excluding hydrogens is 316 g/mol. The van der Waals surface area contributed by atoms with E-state index in [4.69, 9.17) is 4.74 Å². The zero-order valence-corrected chi connectivity index (χ0v) is 13.2. The van der Waals surface area contributed by atoms with E-state index >= 15 is 0 Å². The molecule has 0 bridgehead atoms. The number of nitrogens with one attached hydrogen (secondary N) is 1. The fourth-order valence-electron chi connectivity index (χ4n) is 2.75. The standard InChI is InChI=1S/C16H16N2O4S/c1-2-9-17-13(19)10-22-15(21)16-8-7-14(20)18(16)11-5-3-4-6-12(11)23-16/h2-6H,1,7-10H2,(H,17,19)/t16-/m0/s1. The van der Waals surface area contributed by atoms with Crippen LogP contribution in [0.3, 0.4) is 0 Å². The summed E-state index contributed by atoms with van der Waals surface area (Å²) in [6.07, 6.45) is 2.20. The van der Waals surface area contributed by atoms with Gasteiger partial charge in [0.2, 0.25) is 5.91 Å². The van der Waals surface area contributed by atoms with Crippen molar-refractivity contribution in [3.63, 3.8) is 0 Å². The van der Waals surface area contributed by atoms with Crippen LogP contribution in [0, 0.1) is 0 Å². The second kappa shape index (κ2) is 6.08. The molecule has 0 unspecified atom stereocenters. The molecule has 120 valence electrons. The molecule has 6 nitrogen and oxygen atoms in total. The van der Waals surface area contributed by atoms with Gasteiger partial charge in [0.1, 0.15) is 0 Å². The Labute approximate surface area is 137 Å². The summed E-state index contributed by atoms with van der Waals surface area (Å²) in [6.45, 7) is 3.44. The molecule has 0 aromatic heterocycles. The van der Waals surface area contributed by atoms with Crippen LogP contribution in [0.25, 0.3) is 0 Å². The zero-order chi connectivity index (χ0) is 16.4. The lowest BCUT2D eigenvalue weighted by Gasteiger charge is -2.28. The van der Waals surface area contributed by atoms with E-state index in [1.165, 1.54) is 16.7 Å². The Morgan fingerprint density at radius 1 is 1.43 bits per heavy atom. The van der Waals surface area contributed by atoms with E-state index in [1.54, 1.807) is 6.08 Å². The molecule has 1 N–H and O–H groups in total. The second-order valence-electron chi connectivity index (χ2n) is 5.25. The van der Waals surface area contributed by atoms with Crippen LogP contribution in [0.4, 0.5) is 5.69 Å². The van der Waals surface area contributed by atoms with E-state index in [0.717, 1.165) is 10.6 Å². The Hall–Kier alpha value is -2.28. The Balaban J connectivity index is 1.76. The first-order valence-electron chi connectivity index (χ1n) is 7.24. The molecule has 3 rings (SSSR count). The first kappa shape index (κ1) is 15.6. The minimum atomic E-state index is -1.08. The number of anilines is 1. The molecule has 0 radical (unpaired) electrons. The van der Waals surface area contributed by atoms with Gasteiger partial charge in [-0.15, -0.1) is 6.58 Å².